The molecule has 2 aromatic carbocycles. The van der Waals surface area contributed by atoms with Crippen LogP contribution < -0.4 is 5.73 Å². The Hall–Kier alpha value is -4.18. The van der Waals surface area contributed by atoms with Crippen LogP contribution in [0, 0.1) is 17.1 Å². The van der Waals surface area contributed by atoms with E-state index in [1.165, 1.54) is 12.1 Å². The topological polar surface area (TPSA) is 107 Å². The van der Waals surface area contributed by atoms with Gasteiger partial charge in [0.15, 0.2) is 5.82 Å². The number of anilines is 1. The average molecular weight is 368 g/mol. The molecule has 5 aromatic rings. The zero-order chi connectivity index (χ0) is 19.3. The standard InChI is InChI=1S/C21H13FN6/c22-17-3-1-12(7-13(17)10-23)19-9-15-14(5-6-25-21(15)26-19)11-2-4-18-16(8-11)20(24)28-27-18/h1-9H,(H,25,26)(H3,24,27,28). The summed E-state index contributed by atoms with van der Waals surface area (Å²) in [6, 6.07) is 16.1. The minimum atomic E-state index is -0.535. The highest BCUT2D eigenvalue weighted by Gasteiger charge is 2.13. The van der Waals surface area contributed by atoms with E-state index in [-0.39, 0.29) is 5.56 Å². The summed E-state index contributed by atoms with van der Waals surface area (Å²) in [6.07, 6.45) is 1.73. The van der Waals surface area contributed by atoms with Gasteiger partial charge in [-0.15, -0.1) is 0 Å². The molecule has 3 aromatic heterocycles. The van der Waals surface area contributed by atoms with Gasteiger partial charge in [0, 0.05) is 22.7 Å². The summed E-state index contributed by atoms with van der Waals surface area (Å²) in [5.41, 5.74) is 11.0. The minimum absolute atomic E-state index is 0.00484. The average Bonchev–Trinajstić information content (AvgIpc) is 3.32. The number of hydrogen-bond donors (Lipinski definition) is 3. The van der Waals surface area contributed by atoms with Gasteiger partial charge in [0.1, 0.15) is 17.5 Å². The van der Waals surface area contributed by atoms with Gasteiger partial charge in [0.25, 0.3) is 0 Å². The predicted octanol–water partition coefficient (Wildman–Crippen LogP) is 4.37. The van der Waals surface area contributed by atoms with Crippen LogP contribution in [0.2, 0.25) is 0 Å². The lowest BCUT2D eigenvalue weighted by Crippen LogP contribution is -1.85. The van der Waals surface area contributed by atoms with Gasteiger partial charge in [0.2, 0.25) is 0 Å². The first-order valence-corrected chi connectivity index (χ1v) is 8.56. The summed E-state index contributed by atoms with van der Waals surface area (Å²) in [5.74, 6) is -0.0839. The summed E-state index contributed by atoms with van der Waals surface area (Å²) < 4.78 is 13.6. The first-order chi connectivity index (χ1) is 13.6. The second-order valence-electron chi connectivity index (χ2n) is 6.48. The number of nitriles is 1. The van der Waals surface area contributed by atoms with E-state index in [1.807, 2.05) is 36.4 Å². The number of nitrogens with two attached hydrogens (primary N) is 1. The lowest BCUT2D eigenvalue weighted by molar-refractivity contribution is 0.624. The zero-order valence-corrected chi connectivity index (χ0v) is 14.5. The Kier molecular flexibility index (Phi) is 3.39. The van der Waals surface area contributed by atoms with Crippen LogP contribution in [0.25, 0.3) is 44.3 Å². The third-order valence-electron chi connectivity index (χ3n) is 4.83. The SMILES string of the molecule is N#Cc1cc(-c2cc3c(-c4ccc5[nH]nc(N)c5c4)ccnc3[nH]2)ccc1F. The van der Waals surface area contributed by atoms with Crippen LogP contribution in [0.3, 0.4) is 0 Å². The second-order valence-corrected chi connectivity index (χ2v) is 6.48. The Balaban J connectivity index is 1.69. The molecule has 0 fully saturated rings. The number of halogens is 1. The normalized spacial score (nSPS) is 11.1. The van der Waals surface area contributed by atoms with E-state index in [2.05, 4.69) is 20.2 Å². The molecule has 134 valence electrons. The van der Waals surface area contributed by atoms with Gasteiger partial charge in [-0.25, -0.2) is 9.37 Å². The van der Waals surface area contributed by atoms with Crippen molar-refractivity contribution in [3.63, 3.8) is 0 Å². The molecular formula is C21H13FN6. The van der Waals surface area contributed by atoms with Crippen molar-refractivity contribution in [2.45, 2.75) is 0 Å². The van der Waals surface area contributed by atoms with Gasteiger partial charge >= 0.3 is 0 Å². The Bertz CT molecular complexity index is 1410. The van der Waals surface area contributed by atoms with Crippen molar-refractivity contribution >= 4 is 27.8 Å². The van der Waals surface area contributed by atoms with Gasteiger partial charge in [0.05, 0.1) is 11.1 Å². The maximum absolute atomic E-state index is 13.6. The summed E-state index contributed by atoms with van der Waals surface area (Å²) in [7, 11) is 0. The van der Waals surface area contributed by atoms with Crippen LogP contribution in [0.1, 0.15) is 5.56 Å². The van der Waals surface area contributed by atoms with Crippen LogP contribution in [0.5, 0.6) is 0 Å². The van der Waals surface area contributed by atoms with Gasteiger partial charge in [-0.3, -0.25) is 5.10 Å². The van der Waals surface area contributed by atoms with Crippen molar-refractivity contribution < 1.29 is 4.39 Å². The molecule has 0 unspecified atom stereocenters. The number of pyridine rings is 1. The van der Waals surface area contributed by atoms with Crippen molar-refractivity contribution in [2.75, 3.05) is 5.73 Å². The largest absolute Gasteiger partial charge is 0.382 e. The third-order valence-corrected chi connectivity index (χ3v) is 4.83. The molecular weight excluding hydrogens is 355 g/mol. The molecule has 0 aliphatic carbocycles. The van der Waals surface area contributed by atoms with Gasteiger partial charge < -0.3 is 10.7 Å². The molecule has 0 saturated heterocycles. The first kappa shape index (κ1) is 16.0. The fourth-order valence-electron chi connectivity index (χ4n) is 3.41. The molecule has 0 aliphatic rings. The molecule has 0 amide bonds. The number of nitrogens with one attached hydrogen (secondary N) is 2. The van der Waals surface area contributed by atoms with Crippen LogP contribution in [-0.4, -0.2) is 20.2 Å². The highest BCUT2D eigenvalue weighted by Crippen LogP contribution is 2.33. The Morgan fingerprint density at radius 2 is 1.86 bits per heavy atom. The molecule has 0 bridgehead atoms. The highest BCUT2D eigenvalue weighted by molar-refractivity contribution is 5.99. The fourth-order valence-corrected chi connectivity index (χ4v) is 3.41. The molecule has 0 aliphatic heterocycles. The number of hydrogen-bond acceptors (Lipinski definition) is 4. The van der Waals surface area contributed by atoms with Gasteiger partial charge in [-0.2, -0.15) is 10.4 Å². The summed E-state index contributed by atoms with van der Waals surface area (Å²) in [4.78, 5) is 7.66. The highest BCUT2D eigenvalue weighted by atomic mass is 19.1. The zero-order valence-electron chi connectivity index (χ0n) is 14.5. The quantitative estimate of drug-likeness (QED) is 0.430. The van der Waals surface area contributed by atoms with Crippen LogP contribution >= 0.6 is 0 Å². The smallest absolute Gasteiger partial charge is 0.153 e. The number of fused-ring (bicyclic) bond motifs is 2. The Labute approximate surface area is 158 Å². The number of nitrogen functional groups attached to an aromatic ring is 1. The molecule has 5 rings (SSSR count). The van der Waals surface area contributed by atoms with Crippen molar-refractivity contribution in [3.05, 3.63) is 66.1 Å². The molecule has 28 heavy (non-hydrogen) atoms. The van der Waals surface area contributed by atoms with E-state index >= 15 is 0 Å². The van der Waals surface area contributed by atoms with Crippen LogP contribution in [0.15, 0.2) is 54.7 Å². The van der Waals surface area contributed by atoms with Crippen molar-refractivity contribution in [2.24, 2.45) is 0 Å². The summed E-state index contributed by atoms with van der Waals surface area (Å²) >= 11 is 0. The molecule has 0 saturated carbocycles. The van der Waals surface area contributed by atoms with E-state index in [9.17, 15) is 4.39 Å². The molecule has 7 heteroatoms. The molecule has 0 spiro atoms. The molecule has 4 N–H and O–H groups in total. The van der Waals surface area contributed by atoms with Crippen molar-refractivity contribution in [1.29, 1.82) is 5.26 Å². The van der Waals surface area contributed by atoms with Crippen LogP contribution in [-0.2, 0) is 0 Å². The Morgan fingerprint density at radius 3 is 2.71 bits per heavy atom. The molecule has 6 nitrogen and oxygen atoms in total. The number of aromatic amines is 2. The molecule has 0 radical (unpaired) electrons. The molecule has 3 heterocycles. The number of rotatable bonds is 2. The van der Waals surface area contributed by atoms with E-state index in [0.29, 0.717) is 11.5 Å². The van der Waals surface area contributed by atoms with Gasteiger partial charge in [-0.05, 0) is 59.2 Å². The second kappa shape index (κ2) is 5.93. The predicted molar refractivity (Wildman–Crippen MR) is 106 cm³/mol. The lowest BCUT2D eigenvalue weighted by atomic mass is 10.0. The number of aromatic nitrogens is 4. The number of benzene rings is 2. The van der Waals surface area contributed by atoms with E-state index < -0.39 is 5.82 Å². The molecule has 0 atom stereocenters. The van der Waals surface area contributed by atoms with E-state index in [0.717, 1.165) is 38.7 Å². The minimum Gasteiger partial charge on any atom is -0.382 e. The first-order valence-electron chi connectivity index (χ1n) is 8.56. The number of H-pyrrole nitrogens is 2. The lowest BCUT2D eigenvalue weighted by Gasteiger charge is -2.03. The van der Waals surface area contributed by atoms with E-state index in [4.69, 9.17) is 11.0 Å². The Morgan fingerprint density at radius 1 is 1.00 bits per heavy atom. The summed E-state index contributed by atoms with van der Waals surface area (Å²) in [5, 5.41) is 17.8. The van der Waals surface area contributed by atoms with Crippen molar-refractivity contribution in [1.82, 2.24) is 20.2 Å². The fraction of sp³-hybridized carbons (Fsp3) is 0. The maximum atomic E-state index is 13.6. The van der Waals surface area contributed by atoms with Gasteiger partial charge in [-0.1, -0.05) is 6.07 Å². The van der Waals surface area contributed by atoms with Crippen molar-refractivity contribution in [3.8, 4) is 28.5 Å². The third kappa shape index (κ3) is 2.40. The van der Waals surface area contributed by atoms with E-state index in [1.54, 1.807) is 12.3 Å². The number of nitrogens with zero attached hydrogens (tertiary/aromatic N) is 3. The maximum Gasteiger partial charge on any atom is 0.153 e. The monoisotopic (exact) mass is 368 g/mol. The summed E-state index contributed by atoms with van der Waals surface area (Å²) in [6.45, 7) is 0. The van der Waals surface area contributed by atoms with Crippen LogP contribution in [0.4, 0.5) is 10.2 Å².